The van der Waals surface area contributed by atoms with Crippen LogP contribution < -0.4 is 10.2 Å². The van der Waals surface area contributed by atoms with E-state index in [9.17, 15) is 9.59 Å². The molecule has 3 rings (SSSR count). The molecule has 2 heterocycles. The molecule has 1 saturated heterocycles. The third-order valence-corrected chi connectivity index (χ3v) is 5.54. The van der Waals surface area contributed by atoms with Crippen LogP contribution in [0.3, 0.4) is 0 Å². The van der Waals surface area contributed by atoms with Crippen molar-refractivity contribution < 1.29 is 14.3 Å². The van der Waals surface area contributed by atoms with E-state index in [2.05, 4.69) is 15.2 Å². The summed E-state index contributed by atoms with van der Waals surface area (Å²) in [7, 11) is 1.65. The minimum Gasteiger partial charge on any atom is -0.378 e. The average molecular weight is 415 g/mol. The van der Waals surface area contributed by atoms with Crippen LogP contribution in [0.5, 0.6) is 0 Å². The number of ether oxygens (including phenoxy) is 1. The number of carbonyl (C=O) groups is 2. The molecular weight excluding hydrogens is 388 g/mol. The van der Waals surface area contributed by atoms with Crippen LogP contribution in [0.1, 0.15) is 5.56 Å². The number of nitrogens with zero attached hydrogens (tertiary/aromatic N) is 3. The lowest BCUT2D eigenvalue weighted by Gasteiger charge is -2.28. The van der Waals surface area contributed by atoms with Gasteiger partial charge in [0.15, 0.2) is 0 Å². The van der Waals surface area contributed by atoms with Gasteiger partial charge in [0.1, 0.15) is 0 Å². The number of likely N-dealkylation sites (N-methyl/N-ethyl adjacent to an activating group) is 1. The number of anilines is 2. The van der Waals surface area contributed by atoms with Crippen molar-refractivity contribution in [3.8, 4) is 0 Å². The first-order valence-corrected chi connectivity index (χ1v) is 10.7. The minimum atomic E-state index is -0.211. The summed E-state index contributed by atoms with van der Waals surface area (Å²) in [5, 5.41) is 2.85. The fraction of sp³-hybridized carbons (Fsp3) is 0.381. The number of aromatic nitrogens is 1. The second-order valence-electron chi connectivity index (χ2n) is 6.80. The van der Waals surface area contributed by atoms with Gasteiger partial charge in [0, 0.05) is 49.7 Å². The summed E-state index contributed by atoms with van der Waals surface area (Å²) < 4.78 is 5.37. The average Bonchev–Trinajstić information content (AvgIpc) is 2.75. The maximum Gasteiger partial charge on any atom is 0.243 e. The summed E-state index contributed by atoms with van der Waals surface area (Å²) in [5.74, 6) is 0.760. The van der Waals surface area contributed by atoms with Gasteiger partial charge >= 0.3 is 0 Å². The number of benzene rings is 1. The number of hydrogen-bond donors (Lipinski definition) is 1. The summed E-state index contributed by atoms with van der Waals surface area (Å²) in [6.45, 7) is 3.24. The molecule has 2 amide bonds. The molecule has 0 saturated carbocycles. The molecule has 0 spiro atoms. The van der Waals surface area contributed by atoms with Crippen molar-refractivity contribution in [2.24, 2.45) is 0 Å². The van der Waals surface area contributed by atoms with Gasteiger partial charge in [-0.25, -0.2) is 0 Å². The van der Waals surface area contributed by atoms with Crippen molar-refractivity contribution in [2.75, 3.05) is 55.9 Å². The van der Waals surface area contributed by atoms with E-state index in [4.69, 9.17) is 4.74 Å². The van der Waals surface area contributed by atoms with Crippen LogP contribution in [0.25, 0.3) is 0 Å². The van der Waals surface area contributed by atoms with Crippen molar-refractivity contribution in [3.05, 3.63) is 54.4 Å². The Balaban J connectivity index is 1.40. The van der Waals surface area contributed by atoms with Gasteiger partial charge in [-0.2, -0.15) is 0 Å². The van der Waals surface area contributed by atoms with Crippen LogP contribution in [-0.2, 0) is 20.1 Å². The minimum absolute atomic E-state index is 0.0253. The summed E-state index contributed by atoms with van der Waals surface area (Å²) in [4.78, 5) is 32.3. The van der Waals surface area contributed by atoms with Gasteiger partial charge in [-0.3, -0.25) is 14.6 Å². The molecule has 1 aliphatic heterocycles. The highest BCUT2D eigenvalue weighted by Crippen LogP contribution is 2.19. The number of carbonyl (C=O) groups excluding carboxylic acids is 2. The first-order chi connectivity index (χ1) is 14.1. The first kappa shape index (κ1) is 21.1. The number of hydrogen-bond acceptors (Lipinski definition) is 6. The lowest BCUT2D eigenvalue weighted by atomic mass is 10.2. The number of nitrogens with one attached hydrogen (secondary N) is 1. The molecule has 0 radical (unpaired) electrons. The van der Waals surface area contributed by atoms with Crippen LogP contribution in [-0.4, -0.2) is 67.3 Å². The van der Waals surface area contributed by atoms with Crippen LogP contribution in [0.15, 0.2) is 48.8 Å². The highest BCUT2D eigenvalue weighted by Gasteiger charge is 2.14. The standard InChI is InChI=1S/C21H26N4O3S/c1-24(21(27)16-29-15-17-3-2-8-22-13-17)14-20(26)23-18-4-6-19(7-5-18)25-9-11-28-12-10-25/h2-8,13H,9-12,14-16H2,1H3,(H,23,26). The monoisotopic (exact) mass is 414 g/mol. The smallest absolute Gasteiger partial charge is 0.243 e. The van der Waals surface area contributed by atoms with Gasteiger partial charge in [-0.1, -0.05) is 6.07 Å². The van der Waals surface area contributed by atoms with Crippen molar-refractivity contribution >= 4 is 35.0 Å². The molecule has 2 aromatic rings. The maximum atomic E-state index is 12.3. The fourth-order valence-corrected chi connectivity index (χ4v) is 3.83. The molecule has 0 atom stereocenters. The lowest BCUT2D eigenvalue weighted by molar-refractivity contribution is -0.131. The number of amides is 2. The normalized spacial score (nSPS) is 13.8. The summed E-state index contributed by atoms with van der Waals surface area (Å²) in [6, 6.07) is 11.6. The maximum absolute atomic E-state index is 12.3. The molecule has 0 unspecified atom stereocenters. The van der Waals surface area contributed by atoms with Crippen LogP contribution >= 0.6 is 11.8 Å². The number of pyridine rings is 1. The van der Waals surface area contributed by atoms with Crippen molar-refractivity contribution in [1.29, 1.82) is 0 Å². The van der Waals surface area contributed by atoms with Crippen LogP contribution in [0, 0.1) is 0 Å². The number of thioether (sulfide) groups is 1. The van der Waals surface area contributed by atoms with Crippen molar-refractivity contribution in [1.82, 2.24) is 9.88 Å². The van der Waals surface area contributed by atoms with E-state index in [1.165, 1.54) is 16.7 Å². The van der Waals surface area contributed by atoms with Gasteiger partial charge in [-0.15, -0.1) is 11.8 Å². The third-order valence-electron chi connectivity index (χ3n) is 4.55. The topological polar surface area (TPSA) is 74.8 Å². The van der Waals surface area contributed by atoms with E-state index in [-0.39, 0.29) is 18.4 Å². The van der Waals surface area contributed by atoms with E-state index >= 15 is 0 Å². The third kappa shape index (κ3) is 6.76. The molecule has 154 valence electrons. The van der Waals surface area contributed by atoms with Gasteiger partial charge < -0.3 is 19.9 Å². The summed E-state index contributed by atoms with van der Waals surface area (Å²) >= 11 is 1.51. The second kappa shape index (κ2) is 10.8. The SMILES string of the molecule is CN(CC(=O)Nc1ccc(N2CCOCC2)cc1)C(=O)CSCc1cccnc1. The first-order valence-electron chi connectivity index (χ1n) is 9.55. The van der Waals surface area contributed by atoms with E-state index in [1.54, 1.807) is 19.4 Å². The zero-order valence-corrected chi connectivity index (χ0v) is 17.4. The van der Waals surface area contributed by atoms with Crippen molar-refractivity contribution in [2.45, 2.75) is 5.75 Å². The zero-order valence-electron chi connectivity index (χ0n) is 16.5. The Morgan fingerprint density at radius 1 is 1.21 bits per heavy atom. The van der Waals surface area contributed by atoms with Crippen molar-refractivity contribution in [3.63, 3.8) is 0 Å². The Morgan fingerprint density at radius 3 is 2.66 bits per heavy atom. The quantitative estimate of drug-likeness (QED) is 0.714. The predicted molar refractivity (Wildman–Crippen MR) is 116 cm³/mol. The van der Waals surface area contributed by atoms with E-state index in [0.717, 1.165) is 49.0 Å². The van der Waals surface area contributed by atoms with E-state index < -0.39 is 0 Å². The molecule has 1 aromatic carbocycles. The highest BCUT2D eigenvalue weighted by atomic mass is 32.2. The van der Waals surface area contributed by atoms with Crippen LogP contribution in [0.2, 0.25) is 0 Å². The second-order valence-corrected chi connectivity index (χ2v) is 7.78. The molecule has 8 heteroatoms. The zero-order chi connectivity index (χ0) is 20.5. The molecule has 0 bridgehead atoms. The lowest BCUT2D eigenvalue weighted by Crippen LogP contribution is -2.36. The largest absolute Gasteiger partial charge is 0.378 e. The Labute approximate surface area is 175 Å². The summed E-state index contributed by atoms with van der Waals surface area (Å²) in [6.07, 6.45) is 3.51. The Bertz CT molecular complexity index is 795. The molecular formula is C21H26N4O3S. The van der Waals surface area contributed by atoms with Gasteiger partial charge in [0.05, 0.1) is 25.5 Å². The Hall–Kier alpha value is -2.58. The molecule has 1 fully saturated rings. The molecule has 1 N–H and O–H groups in total. The van der Waals surface area contributed by atoms with Gasteiger partial charge in [0.2, 0.25) is 11.8 Å². The molecule has 1 aliphatic rings. The van der Waals surface area contributed by atoms with Crippen LogP contribution in [0.4, 0.5) is 11.4 Å². The van der Waals surface area contributed by atoms with E-state index in [0.29, 0.717) is 5.75 Å². The van der Waals surface area contributed by atoms with E-state index in [1.807, 2.05) is 36.4 Å². The molecule has 29 heavy (non-hydrogen) atoms. The Kier molecular flexibility index (Phi) is 7.89. The fourth-order valence-electron chi connectivity index (χ4n) is 2.93. The molecule has 7 nitrogen and oxygen atoms in total. The number of morpholine rings is 1. The Morgan fingerprint density at radius 2 is 1.97 bits per heavy atom. The van der Waals surface area contributed by atoms with Gasteiger partial charge in [-0.05, 0) is 35.9 Å². The summed E-state index contributed by atoms with van der Waals surface area (Å²) in [5.41, 5.74) is 2.91. The molecule has 0 aliphatic carbocycles. The highest BCUT2D eigenvalue weighted by molar-refractivity contribution is 7.99. The number of rotatable bonds is 8. The van der Waals surface area contributed by atoms with Gasteiger partial charge in [0.25, 0.3) is 0 Å². The predicted octanol–water partition coefficient (Wildman–Crippen LogP) is 2.25. The molecule has 1 aromatic heterocycles.